The average molecular weight is 388 g/mol. The Labute approximate surface area is 161 Å². The fourth-order valence-electron chi connectivity index (χ4n) is 2.34. The van der Waals surface area contributed by atoms with E-state index in [1.54, 1.807) is 6.20 Å². The minimum atomic E-state index is 0. The van der Waals surface area contributed by atoms with E-state index in [0.717, 1.165) is 24.3 Å². The Morgan fingerprint density at radius 1 is 1.24 bits per heavy atom. The van der Waals surface area contributed by atoms with E-state index in [-0.39, 0.29) is 30.7 Å². The highest BCUT2D eigenvalue weighted by atomic mass is 35.5. The monoisotopic (exact) mass is 387 g/mol. The van der Waals surface area contributed by atoms with Gasteiger partial charge in [-0.2, -0.15) is 0 Å². The minimum absolute atomic E-state index is 0. The zero-order valence-electron chi connectivity index (χ0n) is 14.7. The summed E-state index contributed by atoms with van der Waals surface area (Å²) in [6, 6.07) is 10.2. The lowest BCUT2D eigenvalue weighted by Crippen LogP contribution is -2.38. The van der Waals surface area contributed by atoms with Crippen LogP contribution in [0, 0.1) is 0 Å². The molecule has 0 bridgehead atoms. The first-order valence-corrected chi connectivity index (χ1v) is 8.19. The van der Waals surface area contributed by atoms with Gasteiger partial charge in [-0.05, 0) is 19.9 Å². The number of oxazole rings is 1. The largest absolute Gasteiger partial charge is 0.441 e. The van der Waals surface area contributed by atoms with Gasteiger partial charge in [-0.3, -0.25) is 4.79 Å². The van der Waals surface area contributed by atoms with Gasteiger partial charge in [-0.25, -0.2) is 4.98 Å². The van der Waals surface area contributed by atoms with Crippen molar-refractivity contribution in [2.24, 2.45) is 0 Å². The molecule has 7 heteroatoms. The number of rotatable bonds is 9. The molecule has 0 saturated carbocycles. The van der Waals surface area contributed by atoms with Crippen LogP contribution in [0.25, 0.3) is 11.3 Å². The summed E-state index contributed by atoms with van der Waals surface area (Å²) in [6.07, 6.45) is 3.63. The summed E-state index contributed by atoms with van der Waals surface area (Å²) in [5.41, 5.74) is 1.02. The number of likely N-dealkylation sites (N-methyl/N-ethyl adjacent to an activating group) is 1. The third-order valence-electron chi connectivity index (χ3n) is 3.56. The second-order valence-electron chi connectivity index (χ2n) is 5.60. The molecule has 0 fully saturated rings. The predicted molar refractivity (Wildman–Crippen MR) is 106 cm³/mol. The third-order valence-corrected chi connectivity index (χ3v) is 3.56. The van der Waals surface area contributed by atoms with Crippen molar-refractivity contribution >= 4 is 30.7 Å². The topological polar surface area (TPSA) is 67.2 Å². The first-order chi connectivity index (χ1) is 11.2. The second kappa shape index (κ2) is 12.8. The summed E-state index contributed by atoms with van der Waals surface area (Å²) < 4.78 is 5.73. The van der Waals surface area contributed by atoms with Gasteiger partial charge in [0.25, 0.3) is 0 Å². The Kier molecular flexibility index (Phi) is 12.0. The van der Waals surface area contributed by atoms with Crippen molar-refractivity contribution in [2.75, 3.05) is 13.1 Å². The van der Waals surface area contributed by atoms with Crippen LogP contribution >= 0.6 is 24.8 Å². The molecule has 1 amide bonds. The number of carbonyl (C=O) groups is 1. The molecule has 1 aromatic carbocycles. The molecule has 0 radical (unpaired) electrons. The lowest BCUT2D eigenvalue weighted by atomic mass is 10.2. The van der Waals surface area contributed by atoms with Crippen LogP contribution in [0.1, 0.15) is 32.6 Å². The molecular weight excluding hydrogens is 361 g/mol. The van der Waals surface area contributed by atoms with Crippen molar-refractivity contribution in [3.05, 3.63) is 42.4 Å². The highest BCUT2D eigenvalue weighted by Crippen LogP contribution is 2.20. The van der Waals surface area contributed by atoms with E-state index < -0.39 is 0 Å². The molecule has 0 unspecified atom stereocenters. The fraction of sp³-hybridized carbons (Fsp3) is 0.444. The smallest absolute Gasteiger partial charge is 0.220 e. The maximum atomic E-state index is 11.8. The van der Waals surface area contributed by atoms with Gasteiger partial charge in [0.15, 0.2) is 11.7 Å². The Balaban J connectivity index is 0.00000288. The van der Waals surface area contributed by atoms with Gasteiger partial charge in [-0.15, -0.1) is 24.8 Å². The number of halogens is 2. The van der Waals surface area contributed by atoms with E-state index in [4.69, 9.17) is 4.42 Å². The molecule has 1 aromatic heterocycles. The van der Waals surface area contributed by atoms with E-state index in [9.17, 15) is 4.79 Å². The van der Waals surface area contributed by atoms with Gasteiger partial charge >= 0.3 is 0 Å². The minimum Gasteiger partial charge on any atom is -0.441 e. The predicted octanol–water partition coefficient (Wildman–Crippen LogP) is 3.62. The van der Waals surface area contributed by atoms with E-state index >= 15 is 0 Å². The van der Waals surface area contributed by atoms with Crippen LogP contribution in [0.4, 0.5) is 0 Å². The Morgan fingerprint density at radius 2 is 1.96 bits per heavy atom. The average Bonchev–Trinajstić information content (AvgIpc) is 3.03. The van der Waals surface area contributed by atoms with Crippen LogP contribution in [0.15, 0.2) is 40.9 Å². The molecule has 0 saturated heterocycles. The Morgan fingerprint density at radius 3 is 2.64 bits per heavy atom. The number of hydrogen-bond donors (Lipinski definition) is 2. The molecule has 0 spiro atoms. The maximum absolute atomic E-state index is 11.8. The van der Waals surface area contributed by atoms with Crippen LogP contribution in [0.3, 0.4) is 0 Å². The number of benzene rings is 1. The zero-order valence-corrected chi connectivity index (χ0v) is 16.3. The number of nitrogens with one attached hydrogen (secondary N) is 2. The van der Waals surface area contributed by atoms with E-state index in [0.29, 0.717) is 31.3 Å². The molecule has 25 heavy (non-hydrogen) atoms. The number of aromatic nitrogens is 1. The SMILES string of the molecule is CCN[C@H](C)CNC(=O)CCCc1ncc(-c2ccccc2)o1.Cl.Cl. The molecule has 2 N–H and O–H groups in total. The Hall–Kier alpha value is -1.56. The third kappa shape index (κ3) is 8.38. The molecular formula is C18H27Cl2N3O2. The molecule has 1 heterocycles. The number of aryl methyl sites for hydroxylation is 1. The van der Waals surface area contributed by atoms with Crippen LogP contribution in [0.5, 0.6) is 0 Å². The van der Waals surface area contributed by atoms with Gasteiger partial charge in [0.05, 0.1) is 6.20 Å². The summed E-state index contributed by atoms with van der Waals surface area (Å²) in [4.78, 5) is 16.1. The summed E-state index contributed by atoms with van der Waals surface area (Å²) in [6.45, 7) is 5.68. The van der Waals surface area contributed by atoms with Crippen molar-refractivity contribution < 1.29 is 9.21 Å². The van der Waals surface area contributed by atoms with Crippen molar-refractivity contribution in [3.63, 3.8) is 0 Å². The van der Waals surface area contributed by atoms with Gasteiger partial charge in [-0.1, -0.05) is 37.3 Å². The normalized spacial score (nSPS) is 11.1. The van der Waals surface area contributed by atoms with Gasteiger partial charge in [0.1, 0.15) is 0 Å². The zero-order chi connectivity index (χ0) is 16.5. The molecule has 2 rings (SSSR count). The maximum Gasteiger partial charge on any atom is 0.220 e. The van der Waals surface area contributed by atoms with E-state index in [2.05, 4.69) is 29.5 Å². The molecule has 0 aliphatic rings. The van der Waals surface area contributed by atoms with Crippen molar-refractivity contribution in [3.8, 4) is 11.3 Å². The van der Waals surface area contributed by atoms with Crippen molar-refractivity contribution in [2.45, 2.75) is 39.2 Å². The van der Waals surface area contributed by atoms with Crippen LogP contribution in [-0.4, -0.2) is 30.0 Å². The van der Waals surface area contributed by atoms with Crippen LogP contribution < -0.4 is 10.6 Å². The highest BCUT2D eigenvalue weighted by Gasteiger charge is 2.08. The van der Waals surface area contributed by atoms with E-state index in [1.807, 2.05) is 30.3 Å². The van der Waals surface area contributed by atoms with Crippen molar-refractivity contribution in [1.82, 2.24) is 15.6 Å². The lowest BCUT2D eigenvalue weighted by molar-refractivity contribution is -0.121. The van der Waals surface area contributed by atoms with Gasteiger partial charge < -0.3 is 15.1 Å². The summed E-state index contributed by atoms with van der Waals surface area (Å²) in [7, 11) is 0. The van der Waals surface area contributed by atoms with Gasteiger partial charge in [0, 0.05) is 31.0 Å². The molecule has 5 nitrogen and oxygen atoms in total. The molecule has 1 atom stereocenters. The van der Waals surface area contributed by atoms with Crippen LogP contribution in [-0.2, 0) is 11.2 Å². The van der Waals surface area contributed by atoms with Crippen molar-refractivity contribution in [1.29, 1.82) is 0 Å². The van der Waals surface area contributed by atoms with Gasteiger partial charge in [0.2, 0.25) is 5.91 Å². The number of carbonyl (C=O) groups excluding carboxylic acids is 1. The standard InChI is InChI=1S/C18H25N3O2.2ClH/c1-3-19-14(2)12-20-17(22)10-7-11-18-21-13-16(23-18)15-8-5-4-6-9-15;;/h4-6,8-9,13-14,19H,3,7,10-12H2,1-2H3,(H,20,22);2*1H/t14-;;/m1../s1. The quantitative estimate of drug-likeness (QED) is 0.689. The fourth-order valence-corrected chi connectivity index (χ4v) is 2.34. The number of nitrogens with zero attached hydrogens (tertiary/aromatic N) is 1. The summed E-state index contributed by atoms with van der Waals surface area (Å²) >= 11 is 0. The first kappa shape index (κ1) is 23.4. The Bertz CT molecular complexity index is 605. The molecule has 0 aliphatic heterocycles. The summed E-state index contributed by atoms with van der Waals surface area (Å²) in [5, 5.41) is 6.19. The lowest BCUT2D eigenvalue weighted by Gasteiger charge is -2.12. The molecule has 0 aliphatic carbocycles. The number of hydrogen-bond acceptors (Lipinski definition) is 4. The van der Waals surface area contributed by atoms with E-state index in [1.165, 1.54) is 0 Å². The molecule has 2 aromatic rings. The highest BCUT2D eigenvalue weighted by molar-refractivity contribution is 5.85. The second-order valence-corrected chi connectivity index (χ2v) is 5.60. The van der Waals surface area contributed by atoms with Crippen LogP contribution in [0.2, 0.25) is 0 Å². The first-order valence-electron chi connectivity index (χ1n) is 8.19. The summed E-state index contributed by atoms with van der Waals surface area (Å²) in [5.74, 6) is 1.52. The molecule has 140 valence electrons. The number of amides is 1.